The van der Waals surface area contributed by atoms with Crippen molar-refractivity contribution in [2.75, 3.05) is 6.54 Å². The van der Waals surface area contributed by atoms with Crippen LogP contribution in [-0.4, -0.2) is 11.1 Å². The van der Waals surface area contributed by atoms with Crippen molar-refractivity contribution in [1.29, 1.82) is 0 Å². The number of nitrogens with zero attached hydrogens (tertiary/aromatic N) is 1. The van der Waals surface area contributed by atoms with E-state index in [1.165, 1.54) is 10.2 Å². The molecule has 1 aromatic heterocycles. The molecule has 0 fully saturated rings. The van der Waals surface area contributed by atoms with Crippen molar-refractivity contribution in [3.8, 4) is 0 Å². The molecule has 1 unspecified atom stereocenters. The molecule has 60 valence electrons. The lowest BCUT2D eigenvalue weighted by Crippen LogP contribution is -2.30. The van der Waals surface area contributed by atoms with Gasteiger partial charge in [-0.1, -0.05) is 0 Å². The van der Waals surface area contributed by atoms with Gasteiger partial charge in [-0.2, -0.15) is 0 Å². The molecule has 0 amide bonds. The van der Waals surface area contributed by atoms with Gasteiger partial charge in [-0.3, -0.25) is 0 Å². The van der Waals surface area contributed by atoms with E-state index in [0.717, 1.165) is 13.1 Å². The summed E-state index contributed by atoms with van der Waals surface area (Å²) in [5.41, 5.74) is 1.38. The first-order chi connectivity index (χ1) is 5.27. The van der Waals surface area contributed by atoms with Gasteiger partial charge in [-0.05, 0) is 28.9 Å². The van der Waals surface area contributed by atoms with E-state index in [-0.39, 0.29) is 0 Å². The molecule has 0 saturated carbocycles. The Labute approximate surface area is 74.7 Å². The second kappa shape index (κ2) is 2.64. The number of fused-ring (bicyclic) bond motifs is 1. The lowest BCUT2D eigenvalue weighted by atomic mass is 10.2. The van der Waals surface area contributed by atoms with E-state index in [4.69, 9.17) is 0 Å². The molecule has 1 N–H and O–H groups in total. The molecule has 1 aromatic rings. The zero-order chi connectivity index (χ0) is 7.84. The maximum atomic E-state index is 3.47. The van der Waals surface area contributed by atoms with Crippen LogP contribution in [0.2, 0.25) is 0 Å². The van der Waals surface area contributed by atoms with Crippen LogP contribution >= 0.6 is 15.9 Å². The number of nitrogens with one attached hydrogen (secondary N) is 1. The second-order valence-corrected chi connectivity index (χ2v) is 3.87. The molecular weight excluding hydrogens is 204 g/mol. The van der Waals surface area contributed by atoms with Crippen LogP contribution in [0, 0.1) is 0 Å². The van der Waals surface area contributed by atoms with Gasteiger partial charge in [0.2, 0.25) is 0 Å². The molecular formula is C8H11BrN2. The van der Waals surface area contributed by atoms with Crippen molar-refractivity contribution in [2.45, 2.75) is 19.5 Å². The van der Waals surface area contributed by atoms with Gasteiger partial charge in [-0.15, -0.1) is 0 Å². The van der Waals surface area contributed by atoms with Gasteiger partial charge < -0.3 is 9.88 Å². The van der Waals surface area contributed by atoms with Crippen LogP contribution in [0.1, 0.15) is 18.7 Å². The first-order valence-corrected chi connectivity index (χ1v) is 4.65. The average Bonchev–Trinajstić information content (AvgIpc) is 2.31. The molecule has 0 aliphatic carbocycles. The summed E-state index contributed by atoms with van der Waals surface area (Å²) < 4.78 is 3.48. The molecule has 0 saturated heterocycles. The first kappa shape index (κ1) is 7.37. The first-order valence-electron chi connectivity index (χ1n) is 3.86. The highest BCUT2D eigenvalue weighted by Crippen LogP contribution is 2.22. The monoisotopic (exact) mass is 214 g/mol. The smallest absolute Gasteiger partial charge is 0.0447 e. The minimum atomic E-state index is 0.495. The van der Waals surface area contributed by atoms with Crippen LogP contribution in [0.5, 0.6) is 0 Å². The van der Waals surface area contributed by atoms with Crippen molar-refractivity contribution < 1.29 is 0 Å². The molecule has 0 spiro atoms. The van der Waals surface area contributed by atoms with E-state index in [2.05, 4.69) is 45.0 Å². The molecule has 3 heteroatoms. The van der Waals surface area contributed by atoms with Crippen LogP contribution < -0.4 is 5.32 Å². The summed E-state index contributed by atoms with van der Waals surface area (Å²) in [5.74, 6) is 0. The number of hydrogen-bond donors (Lipinski definition) is 1. The Balaban J connectivity index is 2.43. The molecule has 1 aliphatic rings. The van der Waals surface area contributed by atoms with E-state index in [9.17, 15) is 0 Å². The summed E-state index contributed by atoms with van der Waals surface area (Å²) >= 11 is 3.47. The molecule has 2 heterocycles. The van der Waals surface area contributed by atoms with Gasteiger partial charge in [0.15, 0.2) is 0 Å². The van der Waals surface area contributed by atoms with Crippen LogP contribution in [-0.2, 0) is 6.54 Å². The highest BCUT2D eigenvalue weighted by atomic mass is 79.9. The SMILES string of the molecule is CC1NCCn2cc(Br)cc21. The van der Waals surface area contributed by atoms with Crippen LogP contribution in [0.25, 0.3) is 0 Å². The quantitative estimate of drug-likeness (QED) is 0.699. The number of aromatic nitrogens is 1. The molecule has 0 radical (unpaired) electrons. The Hall–Kier alpha value is -0.280. The summed E-state index contributed by atoms with van der Waals surface area (Å²) in [6.45, 7) is 4.36. The van der Waals surface area contributed by atoms with E-state index in [1.807, 2.05) is 0 Å². The molecule has 11 heavy (non-hydrogen) atoms. The number of rotatable bonds is 0. The second-order valence-electron chi connectivity index (χ2n) is 2.95. The third-order valence-corrected chi connectivity index (χ3v) is 2.58. The molecule has 0 bridgehead atoms. The Morgan fingerprint density at radius 3 is 3.27 bits per heavy atom. The minimum absolute atomic E-state index is 0.495. The van der Waals surface area contributed by atoms with Crippen LogP contribution in [0.15, 0.2) is 16.7 Å². The summed E-state index contributed by atoms with van der Waals surface area (Å²) in [7, 11) is 0. The summed E-state index contributed by atoms with van der Waals surface area (Å²) in [5, 5.41) is 3.41. The van der Waals surface area contributed by atoms with Gasteiger partial charge in [-0.25, -0.2) is 0 Å². The van der Waals surface area contributed by atoms with E-state index in [1.54, 1.807) is 0 Å². The predicted molar refractivity (Wildman–Crippen MR) is 48.5 cm³/mol. The third kappa shape index (κ3) is 1.23. The molecule has 1 atom stereocenters. The number of hydrogen-bond acceptors (Lipinski definition) is 1. The Kier molecular flexibility index (Phi) is 1.77. The van der Waals surface area contributed by atoms with Gasteiger partial charge in [0.05, 0.1) is 0 Å². The zero-order valence-corrected chi connectivity index (χ0v) is 8.06. The third-order valence-electron chi connectivity index (χ3n) is 2.14. The Morgan fingerprint density at radius 2 is 2.55 bits per heavy atom. The fraction of sp³-hybridized carbons (Fsp3) is 0.500. The molecule has 0 aromatic carbocycles. The lowest BCUT2D eigenvalue weighted by Gasteiger charge is -2.22. The van der Waals surface area contributed by atoms with Crippen LogP contribution in [0.4, 0.5) is 0 Å². The normalized spacial score (nSPS) is 23.3. The Morgan fingerprint density at radius 1 is 1.73 bits per heavy atom. The average molecular weight is 215 g/mol. The highest BCUT2D eigenvalue weighted by molar-refractivity contribution is 9.10. The molecule has 2 rings (SSSR count). The largest absolute Gasteiger partial charge is 0.348 e. The van der Waals surface area contributed by atoms with E-state index in [0.29, 0.717) is 6.04 Å². The van der Waals surface area contributed by atoms with E-state index < -0.39 is 0 Å². The maximum absolute atomic E-state index is 3.47. The van der Waals surface area contributed by atoms with Crippen molar-refractivity contribution in [3.63, 3.8) is 0 Å². The van der Waals surface area contributed by atoms with Gasteiger partial charge in [0.1, 0.15) is 0 Å². The predicted octanol–water partition coefficient (Wildman–Crippen LogP) is 1.91. The highest BCUT2D eigenvalue weighted by Gasteiger charge is 2.15. The summed E-state index contributed by atoms with van der Waals surface area (Å²) in [6.07, 6.45) is 2.15. The minimum Gasteiger partial charge on any atom is -0.348 e. The summed E-state index contributed by atoms with van der Waals surface area (Å²) in [4.78, 5) is 0. The van der Waals surface area contributed by atoms with Crippen LogP contribution in [0.3, 0.4) is 0 Å². The van der Waals surface area contributed by atoms with E-state index >= 15 is 0 Å². The fourth-order valence-electron chi connectivity index (χ4n) is 1.56. The number of halogens is 1. The lowest BCUT2D eigenvalue weighted by molar-refractivity contribution is 0.448. The summed E-state index contributed by atoms with van der Waals surface area (Å²) in [6, 6.07) is 2.67. The van der Waals surface area contributed by atoms with Crippen molar-refractivity contribution in [1.82, 2.24) is 9.88 Å². The Bertz CT molecular complexity index is 267. The molecule has 1 aliphatic heterocycles. The fourth-order valence-corrected chi connectivity index (χ4v) is 2.04. The molecule has 2 nitrogen and oxygen atoms in total. The maximum Gasteiger partial charge on any atom is 0.0447 e. The van der Waals surface area contributed by atoms with Gasteiger partial charge in [0, 0.05) is 35.5 Å². The zero-order valence-electron chi connectivity index (χ0n) is 6.47. The van der Waals surface area contributed by atoms with Crippen molar-refractivity contribution in [3.05, 3.63) is 22.4 Å². The standard InChI is InChI=1S/C8H11BrN2/c1-6-8-4-7(9)5-11(8)3-2-10-6/h4-6,10H,2-3H2,1H3. The van der Waals surface area contributed by atoms with Crippen molar-refractivity contribution in [2.24, 2.45) is 0 Å². The van der Waals surface area contributed by atoms with Gasteiger partial charge >= 0.3 is 0 Å². The topological polar surface area (TPSA) is 17.0 Å². The van der Waals surface area contributed by atoms with Gasteiger partial charge in [0.25, 0.3) is 0 Å². The van der Waals surface area contributed by atoms with Crippen molar-refractivity contribution >= 4 is 15.9 Å².